The zero-order valence-corrected chi connectivity index (χ0v) is 9.95. The fraction of sp³-hybridized carbons (Fsp3) is 0.429. The SMILES string of the molecule is Cc1nc(SCSc2n[nH]c(C)n2)n[nH]1. The van der Waals surface area contributed by atoms with Crippen molar-refractivity contribution in [2.75, 3.05) is 5.08 Å². The lowest BCUT2D eigenvalue weighted by Gasteiger charge is -1.91. The maximum Gasteiger partial charge on any atom is 0.209 e. The molecule has 0 unspecified atom stereocenters. The Kier molecular flexibility index (Phi) is 3.27. The van der Waals surface area contributed by atoms with Crippen molar-refractivity contribution in [3.8, 4) is 0 Å². The van der Waals surface area contributed by atoms with Gasteiger partial charge in [-0.25, -0.2) is 9.97 Å². The van der Waals surface area contributed by atoms with Gasteiger partial charge in [0.1, 0.15) is 11.6 Å². The van der Waals surface area contributed by atoms with Gasteiger partial charge >= 0.3 is 0 Å². The van der Waals surface area contributed by atoms with Crippen molar-refractivity contribution in [2.24, 2.45) is 0 Å². The lowest BCUT2D eigenvalue weighted by molar-refractivity contribution is 0.968. The summed E-state index contributed by atoms with van der Waals surface area (Å²) in [6.45, 7) is 3.76. The first-order valence-corrected chi connectivity index (χ1v) is 6.25. The highest BCUT2D eigenvalue weighted by Gasteiger charge is 2.03. The van der Waals surface area contributed by atoms with E-state index in [-0.39, 0.29) is 0 Å². The van der Waals surface area contributed by atoms with Crippen LogP contribution in [0, 0.1) is 13.8 Å². The van der Waals surface area contributed by atoms with Crippen molar-refractivity contribution in [2.45, 2.75) is 24.2 Å². The average Bonchev–Trinajstić information content (AvgIpc) is 2.76. The summed E-state index contributed by atoms with van der Waals surface area (Å²) in [6.07, 6.45) is 0. The molecular weight excluding hydrogens is 232 g/mol. The number of aryl methyl sites for hydroxylation is 2. The smallest absolute Gasteiger partial charge is 0.209 e. The molecule has 2 N–H and O–H groups in total. The third-order valence-electron chi connectivity index (χ3n) is 1.53. The molecule has 0 aliphatic carbocycles. The number of nitrogens with zero attached hydrogens (tertiary/aromatic N) is 4. The van der Waals surface area contributed by atoms with Crippen LogP contribution in [-0.4, -0.2) is 35.4 Å². The largest absolute Gasteiger partial charge is 0.262 e. The van der Waals surface area contributed by atoms with E-state index in [1.165, 1.54) is 0 Å². The van der Waals surface area contributed by atoms with E-state index >= 15 is 0 Å². The monoisotopic (exact) mass is 242 g/mol. The predicted molar refractivity (Wildman–Crippen MR) is 58.8 cm³/mol. The van der Waals surface area contributed by atoms with Crippen LogP contribution in [0.3, 0.4) is 0 Å². The van der Waals surface area contributed by atoms with Crippen molar-refractivity contribution in [3.05, 3.63) is 11.6 Å². The maximum absolute atomic E-state index is 4.18. The highest BCUT2D eigenvalue weighted by molar-refractivity contribution is 8.15. The van der Waals surface area contributed by atoms with Gasteiger partial charge in [-0.2, -0.15) is 0 Å². The summed E-state index contributed by atoms with van der Waals surface area (Å²) in [5.74, 6) is 1.66. The minimum atomic E-state index is 0.757. The number of thioether (sulfide) groups is 2. The Bertz CT molecular complexity index is 396. The van der Waals surface area contributed by atoms with Gasteiger partial charge in [-0.05, 0) is 13.8 Å². The number of hydrogen-bond acceptors (Lipinski definition) is 6. The van der Waals surface area contributed by atoms with Gasteiger partial charge in [-0.1, -0.05) is 23.5 Å². The van der Waals surface area contributed by atoms with E-state index in [4.69, 9.17) is 0 Å². The molecule has 0 radical (unpaired) electrons. The van der Waals surface area contributed by atoms with E-state index in [2.05, 4.69) is 30.4 Å². The Labute approximate surface area is 95.1 Å². The molecule has 0 aliphatic rings. The van der Waals surface area contributed by atoms with Crippen LogP contribution in [0.1, 0.15) is 11.6 Å². The quantitative estimate of drug-likeness (QED) is 0.622. The normalized spacial score (nSPS) is 10.8. The van der Waals surface area contributed by atoms with Gasteiger partial charge in [0.25, 0.3) is 0 Å². The summed E-state index contributed by atoms with van der Waals surface area (Å²) in [5.41, 5.74) is 0. The molecule has 80 valence electrons. The standard InChI is InChI=1S/C7H10N6S2/c1-4-8-6(12-10-4)14-3-15-7-9-5(2)11-13-7/h3H2,1-2H3,(H,8,10,12)(H,9,11,13). The van der Waals surface area contributed by atoms with Crippen LogP contribution < -0.4 is 0 Å². The van der Waals surface area contributed by atoms with Crippen molar-refractivity contribution in [1.82, 2.24) is 30.4 Å². The molecule has 2 heterocycles. The Hall–Kier alpha value is -1.02. The number of aromatic nitrogens is 6. The minimum absolute atomic E-state index is 0.757. The second kappa shape index (κ2) is 4.67. The Morgan fingerprint density at radius 2 is 1.40 bits per heavy atom. The van der Waals surface area contributed by atoms with Crippen molar-refractivity contribution < 1.29 is 0 Å². The first kappa shape index (κ1) is 10.5. The average molecular weight is 242 g/mol. The summed E-state index contributed by atoms with van der Waals surface area (Å²) in [5, 5.41) is 15.9. The molecule has 15 heavy (non-hydrogen) atoms. The maximum atomic E-state index is 4.18. The van der Waals surface area contributed by atoms with Crippen LogP contribution in [0.2, 0.25) is 0 Å². The molecule has 2 aromatic heterocycles. The van der Waals surface area contributed by atoms with Gasteiger partial charge in [0, 0.05) is 0 Å². The van der Waals surface area contributed by atoms with Gasteiger partial charge < -0.3 is 0 Å². The molecule has 0 saturated carbocycles. The molecule has 0 aliphatic heterocycles. The highest BCUT2D eigenvalue weighted by Crippen LogP contribution is 2.22. The van der Waals surface area contributed by atoms with Crippen LogP contribution in [0.5, 0.6) is 0 Å². The third-order valence-corrected chi connectivity index (χ3v) is 3.35. The molecule has 2 rings (SSSR count). The third kappa shape index (κ3) is 2.96. The predicted octanol–water partition coefficient (Wildman–Crippen LogP) is 1.38. The zero-order chi connectivity index (χ0) is 10.7. The number of aromatic amines is 2. The van der Waals surface area contributed by atoms with Crippen LogP contribution in [0.25, 0.3) is 0 Å². The van der Waals surface area contributed by atoms with E-state index < -0.39 is 0 Å². The Balaban J connectivity index is 1.80. The van der Waals surface area contributed by atoms with Gasteiger partial charge in [0.15, 0.2) is 0 Å². The van der Waals surface area contributed by atoms with Crippen LogP contribution >= 0.6 is 23.5 Å². The molecule has 0 spiro atoms. The Morgan fingerprint density at radius 3 is 1.73 bits per heavy atom. The minimum Gasteiger partial charge on any atom is -0.262 e. The summed E-state index contributed by atoms with van der Waals surface area (Å²) >= 11 is 3.12. The zero-order valence-electron chi connectivity index (χ0n) is 8.31. The molecule has 6 nitrogen and oxygen atoms in total. The van der Waals surface area contributed by atoms with E-state index in [1.54, 1.807) is 23.5 Å². The number of hydrogen-bond donors (Lipinski definition) is 2. The molecule has 8 heteroatoms. The molecule has 0 aromatic carbocycles. The molecule has 0 fully saturated rings. The molecule has 0 amide bonds. The van der Waals surface area contributed by atoms with Crippen molar-refractivity contribution in [1.29, 1.82) is 0 Å². The summed E-state index contributed by atoms with van der Waals surface area (Å²) in [6, 6.07) is 0. The Morgan fingerprint density at radius 1 is 0.933 bits per heavy atom. The number of H-pyrrole nitrogens is 2. The number of nitrogens with one attached hydrogen (secondary N) is 2. The van der Waals surface area contributed by atoms with Gasteiger partial charge in [0.05, 0.1) is 5.08 Å². The molecule has 0 atom stereocenters. The molecule has 0 saturated heterocycles. The van der Waals surface area contributed by atoms with Crippen LogP contribution in [-0.2, 0) is 0 Å². The molecular formula is C7H10N6S2. The van der Waals surface area contributed by atoms with E-state index in [9.17, 15) is 0 Å². The van der Waals surface area contributed by atoms with Gasteiger partial charge in [0.2, 0.25) is 10.3 Å². The van der Waals surface area contributed by atoms with Crippen LogP contribution in [0.15, 0.2) is 10.3 Å². The van der Waals surface area contributed by atoms with Crippen molar-refractivity contribution >= 4 is 23.5 Å². The van der Waals surface area contributed by atoms with Crippen LogP contribution in [0.4, 0.5) is 0 Å². The van der Waals surface area contributed by atoms with Gasteiger partial charge in [-0.3, -0.25) is 10.2 Å². The van der Waals surface area contributed by atoms with E-state index in [0.717, 1.165) is 27.0 Å². The van der Waals surface area contributed by atoms with Gasteiger partial charge in [-0.15, -0.1) is 10.2 Å². The summed E-state index contributed by atoms with van der Waals surface area (Å²) in [7, 11) is 0. The number of rotatable bonds is 4. The lowest BCUT2D eigenvalue weighted by Crippen LogP contribution is -1.79. The second-order valence-electron chi connectivity index (χ2n) is 2.81. The van der Waals surface area contributed by atoms with E-state index in [1.807, 2.05) is 13.8 Å². The highest BCUT2D eigenvalue weighted by atomic mass is 32.2. The summed E-state index contributed by atoms with van der Waals surface area (Å²) < 4.78 is 0. The lowest BCUT2D eigenvalue weighted by atomic mass is 10.8. The first-order chi connectivity index (χ1) is 7.24. The first-order valence-electron chi connectivity index (χ1n) is 4.27. The summed E-state index contributed by atoms with van der Waals surface area (Å²) in [4.78, 5) is 8.36. The van der Waals surface area contributed by atoms with Crippen molar-refractivity contribution in [3.63, 3.8) is 0 Å². The molecule has 2 aromatic rings. The topological polar surface area (TPSA) is 83.1 Å². The second-order valence-corrected chi connectivity index (χ2v) is 5.06. The molecule has 0 bridgehead atoms. The fourth-order valence-electron chi connectivity index (χ4n) is 0.908. The van der Waals surface area contributed by atoms with E-state index in [0.29, 0.717) is 0 Å². The fourth-order valence-corrected chi connectivity index (χ4v) is 2.61.